The highest BCUT2D eigenvalue weighted by Gasteiger charge is 2.17. The molecule has 4 heteroatoms. The van der Waals surface area contributed by atoms with Gasteiger partial charge in [0, 0.05) is 0 Å². The molecule has 0 aliphatic carbocycles. The minimum absolute atomic E-state index is 0.225. The van der Waals surface area contributed by atoms with Crippen LogP contribution in [0.2, 0.25) is 0 Å². The number of fused-ring (bicyclic) bond motifs is 1. The Morgan fingerprint density at radius 3 is 2.52 bits per heavy atom. The van der Waals surface area contributed by atoms with Gasteiger partial charge >= 0.3 is 0 Å². The Kier molecular flexibility index (Phi) is 4.89. The van der Waals surface area contributed by atoms with Gasteiger partial charge in [-0.15, -0.1) is 0 Å². The van der Waals surface area contributed by atoms with Crippen LogP contribution in [0.1, 0.15) is 12.5 Å². The van der Waals surface area contributed by atoms with E-state index < -0.39 is 6.10 Å². The highest BCUT2D eigenvalue weighted by Crippen LogP contribution is 2.26. The number of benzene rings is 3. The van der Waals surface area contributed by atoms with Crippen molar-refractivity contribution in [2.75, 3.05) is 12.4 Å². The van der Waals surface area contributed by atoms with E-state index in [9.17, 15) is 4.79 Å². The van der Waals surface area contributed by atoms with Crippen LogP contribution in [-0.4, -0.2) is 19.1 Å². The molecular formula is C21H21NO3. The molecule has 0 aliphatic heterocycles. The fourth-order valence-electron chi connectivity index (χ4n) is 2.65. The summed E-state index contributed by atoms with van der Waals surface area (Å²) in [5.74, 6) is 1.06. The molecule has 1 N–H and O–H groups in total. The van der Waals surface area contributed by atoms with E-state index in [4.69, 9.17) is 9.47 Å². The molecule has 1 amide bonds. The van der Waals surface area contributed by atoms with Crippen LogP contribution in [-0.2, 0) is 4.79 Å². The van der Waals surface area contributed by atoms with Crippen molar-refractivity contribution >= 4 is 22.4 Å². The molecule has 0 aliphatic rings. The van der Waals surface area contributed by atoms with Crippen LogP contribution in [0.3, 0.4) is 0 Å². The van der Waals surface area contributed by atoms with E-state index in [0.29, 0.717) is 17.2 Å². The van der Waals surface area contributed by atoms with Gasteiger partial charge in [0.25, 0.3) is 5.91 Å². The van der Waals surface area contributed by atoms with E-state index in [2.05, 4.69) is 5.32 Å². The van der Waals surface area contributed by atoms with Crippen LogP contribution >= 0.6 is 0 Å². The predicted octanol–water partition coefficient (Wildman–Crippen LogP) is 4.56. The van der Waals surface area contributed by atoms with Gasteiger partial charge < -0.3 is 14.8 Å². The lowest BCUT2D eigenvalue weighted by atomic mass is 10.1. The number of methoxy groups -OCH3 is 1. The largest absolute Gasteiger partial charge is 0.495 e. The number of hydrogen-bond acceptors (Lipinski definition) is 3. The number of carbonyl (C=O) groups is 1. The Bertz CT molecular complexity index is 905. The molecule has 0 spiro atoms. The highest BCUT2D eigenvalue weighted by molar-refractivity contribution is 5.95. The zero-order valence-electron chi connectivity index (χ0n) is 14.6. The fourth-order valence-corrected chi connectivity index (χ4v) is 2.65. The number of carbonyl (C=O) groups excluding carboxylic acids is 1. The third-order valence-corrected chi connectivity index (χ3v) is 4.02. The molecule has 3 aromatic rings. The SMILES string of the molecule is COc1ccc(C)cc1NC(=O)[C@@H](C)Oc1ccc2ccccc2c1. The second-order valence-electron chi connectivity index (χ2n) is 5.96. The van der Waals surface area contributed by atoms with Crippen LogP contribution in [0.25, 0.3) is 10.8 Å². The summed E-state index contributed by atoms with van der Waals surface area (Å²) in [6.45, 7) is 3.69. The summed E-state index contributed by atoms with van der Waals surface area (Å²) in [5, 5.41) is 5.08. The Balaban J connectivity index is 1.72. The average molecular weight is 335 g/mol. The standard InChI is InChI=1S/C21H21NO3/c1-14-8-11-20(24-3)19(12-14)22-21(23)15(2)25-18-10-9-16-6-4-5-7-17(16)13-18/h4-13,15H,1-3H3,(H,22,23)/t15-/m1/s1. The zero-order chi connectivity index (χ0) is 17.8. The highest BCUT2D eigenvalue weighted by atomic mass is 16.5. The molecule has 0 saturated heterocycles. The second-order valence-corrected chi connectivity index (χ2v) is 5.96. The molecule has 1 atom stereocenters. The molecule has 0 unspecified atom stereocenters. The van der Waals surface area contributed by atoms with Crippen molar-refractivity contribution in [2.24, 2.45) is 0 Å². The van der Waals surface area contributed by atoms with Crippen molar-refractivity contribution in [3.63, 3.8) is 0 Å². The lowest BCUT2D eigenvalue weighted by Gasteiger charge is -2.17. The van der Waals surface area contributed by atoms with Gasteiger partial charge in [-0.1, -0.05) is 36.4 Å². The van der Waals surface area contributed by atoms with E-state index in [0.717, 1.165) is 16.3 Å². The fraction of sp³-hybridized carbons (Fsp3) is 0.190. The van der Waals surface area contributed by atoms with E-state index in [-0.39, 0.29) is 5.91 Å². The lowest BCUT2D eigenvalue weighted by molar-refractivity contribution is -0.122. The third-order valence-electron chi connectivity index (χ3n) is 4.02. The second kappa shape index (κ2) is 7.26. The number of hydrogen-bond donors (Lipinski definition) is 1. The predicted molar refractivity (Wildman–Crippen MR) is 100 cm³/mol. The minimum Gasteiger partial charge on any atom is -0.495 e. The summed E-state index contributed by atoms with van der Waals surface area (Å²) < 4.78 is 11.1. The third kappa shape index (κ3) is 3.91. The quantitative estimate of drug-likeness (QED) is 0.743. The maximum Gasteiger partial charge on any atom is 0.265 e. The monoisotopic (exact) mass is 335 g/mol. The summed E-state index contributed by atoms with van der Waals surface area (Å²) in [6.07, 6.45) is -0.633. The molecule has 25 heavy (non-hydrogen) atoms. The number of amides is 1. The Morgan fingerprint density at radius 1 is 1.00 bits per heavy atom. The van der Waals surface area contributed by atoms with Gasteiger partial charge in [0.05, 0.1) is 12.8 Å². The van der Waals surface area contributed by atoms with Gasteiger partial charge in [0.1, 0.15) is 11.5 Å². The topological polar surface area (TPSA) is 47.6 Å². The molecule has 0 saturated carbocycles. The summed E-state index contributed by atoms with van der Waals surface area (Å²) in [4.78, 5) is 12.5. The van der Waals surface area contributed by atoms with Crippen LogP contribution in [0.4, 0.5) is 5.69 Å². The Labute approximate surface area is 147 Å². The van der Waals surface area contributed by atoms with Gasteiger partial charge in [-0.25, -0.2) is 0 Å². The van der Waals surface area contributed by atoms with Crippen molar-refractivity contribution in [3.8, 4) is 11.5 Å². The zero-order valence-corrected chi connectivity index (χ0v) is 14.6. The molecule has 0 bridgehead atoms. The normalized spacial score (nSPS) is 11.8. The summed E-state index contributed by atoms with van der Waals surface area (Å²) in [5.41, 5.74) is 1.68. The molecule has 0 aromatic heterocycles. The van der Waals surface area contributed by atoms with Crippen molar-refractivity contribution in [1.29, 1.82) is 0 Å². The molecule has 3 rings (SSSR count). The molecule has 3 aromatic carbocycles. The maximum absolute atomic E-state index is 12.5. The Hall–Kier alpha value is -3.01. The van der Waals surface area contributed by atoms with E-state index in [1.807, 2.05) is 67.6 Å². The molecular weight excluding hydrogens is 314 g/mol. The molecule has 0 radical (unpaired) electrons. The summed E-state index contributed by atoms with van der Waals surface area (Å²) in [7, 11) is 1.58. The van der Waals surface area contributed by atoms with Crippen LogP contribution in [0.5, 0.6) is 11.5 Å². The number of rotatable bonds is 5. The van der Waals surface area contributed by atoms with E-state index in [1.165, 1.54) is 0 Å². The molecule has 0 fully saturated rings. The summed E-state index contributed by atoms with van der Waals surface area (Å²) >= 11 is 0. The first-order valence-electron chi connectivity index (χ1n) is 8.18. The number of aryl methyl sites for hydroxylation is 1. The number of anilines is 1. The Morgan fingerprint density at radius 2 is 1.76 bits per heavy atom. The maximum atomic E-state index is 12.5. The van der Waals surface area contributed by atoms with Crippen molar-refractivity contribution in [2.45, 2.75) is 20.0 Å². The van der Waals surface area contributed by atoms with Crippen LogP contribution in [0.15, 0.2) is 60.7 Å². The molecule has 4 nitrogen and oxygen atoms in total. The van der Waals surface area contributed by atoms with E-state index >= 15 is 0 Å². The van der Waals surface area contributed by atoms with E-state index in [1.54, 1.807) is 14.0 Å². The van der Waals surface area contributed by atoms with Gasteiger partial charge in [0.15, 0.2) is 6.10 Å². The van der Waals surface area contributed by atoms with Crippen LogP contribution in [0, 0.1) is 6.92 Å². The smallest absolute Gasteiger partial charge is 0.265 e. The van der Waals surface area contributed by atoms with Crippen LogP contribution < -0.4 is 14.8 Å². The van der Waals surface area contributed by atoms with Gasteiger partial charge in [-0.05, 0) is 54.4 Å². The van der Waals surface area contributed by atoms with Gasteiger partial charge in [-0.2, -0.15) is 0 Å². The first-order chi connectivity index (χ1) is 12.1. The average Bonchev–Trinajstić information content (AvgIpc) is 2.61. The van der Waals surface area contributed by atoms with Gasteiger partial charge in [0.2, 0.25) is 0 Å². The molecule has 0 heterocycles. The summed E-state index contributed by atoms with van der Waals surface area (Å²) in [6, 6.07) is 19.5. The first kappa shape index (κ1) is 16.8. The van der Waals surface area contributed by atoms with Gasteiger partial charge in [-0.3, -0.25) is 4.79 Å². The number of nitrogens with one attached hydrogen (secondary N) is 1. The van der Waals surface area contributed by atoms with Crippen molar-refractivity contribution in [1.82, 2.24) is 0 Å². The minimum atomic E-state index is -0.633. The van der Waals surface area contributed by atoms with Crippen molar-refractivity contribution < 1.29 is 14.3 Å². The van der Waals surface area contributed by atoms with Crippen molar-refractivity contribution in [3.05, 3.63) is 66.2 Å². The first-order valence-corrected chi connectivity index (χ1v) is 8.18. The molecule has 128 valence electrons. The number of ether oxygens (including phenoxy) is 2. The lowest BCUT2D eigenvalue weighted by Crippen LogP contribution is -2.30.